The molecule has 0 atom stereocenters. The number of hydrogen-bond donors (Lipinski definition) is 0. The van der Waals surface area contributed by atoms with E-state index in [2.05, 4.69) is 0 Å². The molecule has 0 aliphatic heterocycles. The minimum absolute atomic E-state index is 0.276. The molecule has 182 valence electrons. The summed E-state index contributed by atoms with van der Waals surface area (Å²) in [6, 6.07) is 8.87. The molecule has 0 spiro atoms. The number of fused-ring (bicyclic) bond motifs is 3. The Bertz CT molecular complexity index is 1310. The van der Waals surface area contributed by atoms with Gasteiger partial charge in [-0.25, -0.2) is 16.8 Å². The van der Waals surface area contributed by atoms with E-state index in [9.17, 15) is 43.2 Å². The number of rotatable bonds is 6. The smallest absolute Gasteiger partial charge is 0.201 e. The van der Waals surface area contributed by atoms with E-state index in [-0.39, 0.29) is 11.0 Å². The van der Waals surface area contributed by atoms with Crippen LogP contribution in [-0.4, -0.2) is 36.4 Å². The molecule has 3 aromatic rings. The molecule has 0 aliphatic carbocycles. The Morgan fingerprint density at radius 3 is 1.42 bits per heavy atom. The molecule has 0 radical (unpaired) electrons. The summed E-state index contributed by atoms with van der Waals surface area (Å²) >= 11 is 0. The number of aromatic nitrogens is 3. The van der Waals surface area contributed by atoms with E-state index in [0.29, 0.717) is 0 Å². The number of halogens is 6. The van der Waals surface area contributed by atoms with Crippen molar-refractivity contribution in [2.24, 2.45) is 0 Å². The summed E-state index contributed by atoms with van der Waals surface area (Å²) in [4.78, 5) is 0.768. The highest BCUT2D eigenvalue weighted by Crippen LogP contribution is 2.44. The monoisotopic (exact) mass is 520 g/mol. The van der Waals surface area contributed by atoms with Crippen LogP contribution in [-0.2, 0) is 25.7 Å². The van der Waals surface area contributed by atoms with Gasteiger partial charge in [0.25, 0.3) is 0 Å². The van der Waals surface area contributed by atoms with E-state index < -0.39 is 53.3 Å². The van der Waals surface area contributed by atoms with Crippen molar-refractivity contribution in [3.63, 3.8) is 0 Å². The second-order valence-electron chi connectivity index (χ2n) is 6.94. The van der Waals surface area contributed by atoms with Crippen LogP contribution in [0.15, 0.2) is 48.8 Å². The summed E-state index contributed by atoms with van der Waals surface area (Å²) in [5.41, 5.74) is -15.0. The first-order chi connectivity index (χ1) is 15.1. The summed E-state index contributed by atoms with van der Waals surface area (Å²) < 4.78 is 132. The molecule has 33 heavy (non-hydrogen) atoms. The molecule has 3 aromatic heterocycles. The van der Waals surface area contributed by atoms with Gasteiger partial charge in [-0.3, -0.25) is 0 Å². The zero-order valence-electron chi connectivity index (χ0n) is 17.0. The van der Waals surface area contributed by atoms with Gasteiger partial charge in [-0.2, -0.15) is 26.3 Å². The van der Waals surface area contributed by atoms with Crippen LogP contribution in [0.25, 0.3) is 11.0 Å². The van der Waals surface area contributed by atoms with Crippen molar-refractivity contribution in [3.8, 4) is 0 Å². The van der Waals surface area contributed by atoms with Crippen LogP contribution >= 0.6 is 0 Å². The first kappa shape index (κ1) is 25.2. The Balaban J connectivity index is 2.61. The van der Waals surface area contributed by atoms with Gasteiger partial charge in [-0.1, -0.05) is 13.8 Å². The molecule has 0 saturated carbocycles. The van der Waals surface area contributed by atoms with E-state index in [1.807, 2.05) is 0 Å². The van der Waals surface area contributed by atoms with Gasteiger partial charge in [0.1, 0.15) is 0 Å². The summed E-state index contributed by atoms with van der Waals surface area (Å²) in [5, 5.41) is 0. The van der Waals surface area contributed by atoms with Crippen molar-refractivity contribution in [1.29, 1.82) is 0 Å². The normalized spacial score (nSPS) is 14.5. The highest BCUT2D eigenvalue weighted by atomic mass is 32.3. The maximum atomic E-state index is 13.6. The molecule has 0 fully saturated rings. The Hall–Kier alpha value is -2.46. The van der Waals surface area contributed by atoms with Gasteiger partial charge in [0, 0.05) is 24.3 Å². The van der Waals surface area contributed by atoms with Crippen LogP contribution in [0.1, 0.15) is 26.7 Å². The molecule has 0 aliphatic rings. The first-order valence-electron chi connectivity index (χ1n) is 9.33. The molecule has 0 aromatic carbocycles. The molecule has 3 rings (SSSR count). The van der Waals surface area contributed by atoms with Gasteiger partial charge < -0.3 is 0 Å². The third-order valence-electron chi connectivity index (χ3n) is 5.22. The molecule has 3 heterocycles. The predicted octanol–water partition coefficient (Wildman–Crippen LogP) is 2.44. The number of alkyl halides is 6. The van der Waals surface area contributed by atoms with Gasteiger partial charge in [-0.15, -0.1) is 0 Å². The Morgan fingerprint density at radius 1 is 0.758 bits per heavy atom. The molecule has 0 N–H and O–H groups in total. The molecule has 0 saturated heterocycles. The number of pyridine rings is 2. The van der Waals surface area contributed by atoms with E-state index in [1.165, 1.54) is 36.7 Å². The molecular weight excluding hydrogens is 502 g/mol. The lowest BCUT2D eigenvalue weighted by Gasteiger charge is -2.36. The highest BCUT2D eigenvalue weighted by Gasteiger charge is 2.70. The summed E-state index contributed by atoms with van der Waals surface area (Å²) in [6.07, 6.45) is 0.996. The minimum Gasteiger partial charge on any atom is -0.201 e. The first-order valence-corrected chi connectivity index (χ1v) is 12.2. The van der Waals surface area contributed by atoms with Crippen molar-refractivity contribution >= 4 is 31.1 Å². The van der Waals surface area contributed by atoms with Crippen LogP contribution in [0.2, 0.25) is 0 Å². The second kappa shape index (κ2) is 7.80. The number of nitrogens with zero attached hydrogens (tertiary/aromatic N) is 4. The van der Waals surface area contributed by atoms with E-state index in [4.69, 9.17) is 0 Å². The van der Waals surface area contributed by atoms with Crippen LogP contribution in [0.3, 0.4) is 0 Å². The Labute approximate surface area is 184 Å². The van der Waals surface area contributed by atoms with E-state index in [1.54, 1.807) is 12.1 Å². The Morgan fingerprint density at radius 2 is 1.12 bits per heavy atom. The zero-order chi connectivity index (χ0) is 25.0. The largest absolute Gasteiger partial charge is 0.512 e. The molecule has 0 bridgehead atoms. The van der Waals surface area contributed by atoms with E-state index in [0.717, 1.165) is 27.7 Å². The highest BCUT2D eigenvalue weighted by molar-refractivity contribution is 8.04. The molecule has 0 amide bonds. The third-order valence-corrected chi connectivity index (χ3v) is 9.12. The van der Waals surface area contributed by atoms with Crippen LogP contribution < -0.4 is 9.03 Å². The summed E-state index contributed by atoms with van der Waals surface area (Å²) in [7, 11) is -14.1. The maximum absolute atomic E-state index is 13.6. The topological polar surface area (TPSA) is 84.7 Å². The third kappa shape index (κ3) is 3.54. The lowest BCUT2D eigenvalue weighted by Crippen LogP contribution is -2.68. The summed E-state index contributed by atoms with van der Waals surface area (Å²) in [6.45, 7) is 2.19. The van der Waals surface area contributed by atoms with Gasteiger partial charge in [0.05, 0.1) is 4.80 Å². The number of sulfonamides is 2. The van der Waals surface area contributed by atoms with Crippen molar-refractivity contribution in [2.45, 2.75) is 43.4 Å². The molecular formula is C17H18F6N4O4S2+2. The van der Waals surface area contributed by atoms with Gasteiger partial charge in [0.15, 0.2) is 0 Å². The van der Waals surface area contributed by atoms with Gasteiger partial charge in [0.2, 0.25) is 18.1 Å². The maximum Gasteiger partial charge on any atom is 0.512 e. The van der Waals surface area contributed by atoms with Crippen LogP contribution in [0.4, 0.5) is 26.3 Å². The minimum atomic E-state index is -7.05. The van der Waals surface area contributed by atoms with Gasteiger partial charge >= 0.3 is 42.1 Å². The fourth-order valence-electron chi connectivity index (χ4n) is 3.74. The van der Waals surface area contributed by atoms with Crippen LogP contribution in [0, 0.1) is 0 Å². The van der Waals surface area contributed by atoms with Crippen LogP contribution in [0.5, 0.6) is 0 Å². The standard InChI is InChI=1S/C17H18F6N4O4S2/c1-3-15(4-2,27(32(28,29)16(18,19)20)33(30,31)17(21,22)23)26-24-11-7-5-9-13(24)14-10-6-8-12-25(14)26/h5-12H,3-4H2,1-2H3/q+2. The molecule has 8 nitrogen and oxygen atoms in total. The average Bonchev–Trinajstić information content (AvgIpc) is 3.05. The lowest BCUT2D eigenvalue weighted by molar-refractivity contribution is -0.801. The van der Waals surface area contributed by atoms with Gasteiger partial charge in [-0.05, 0) is 37.7 Å². The van der Waals surface area contributed by atoms with Crippen molar-refractivity contribution in [2.75, 3.05) is 0 Å². The molecule has 0 unspecified atom stereocenters. The number of hydrogen-bond acceptors (Lipinski definition) is 4. The second-order valence-corrected chi connectivity index (χ2v) is 10.7. The zero-order valence-corrected chi connectivity index (χ0v) is 18.7. The predicted molar refractivity (Wildman–Crippen MR) is 101 cm³/mol. The quantitative estimate of drug-likeness (QED) is 0.369. The van der Waals surface area contributed by atoms with Crippen molar-refractivity contribution in [1.82, 2.24) is 8.51 Å². The summed E-state index contributed by atoms with van der Waals surface area (Å²) in [5.74, 6) is 0. The fourth-order valence-corrected chi connectivity index (χ4v) is 7.21. The van der Waals surface area contributed by atoms with Crippen molar-refractivity contribution in [3.05, 3.63) is 48.8 Å². The molecule has 16 heteroatoms. The SMILES string of the molecule is CCC(CC)(N(S(=O)(=O)C(F)(F)F)S(=O)(=O)C(F)(F)F)n1[n+]2ccccc2c2cccc[n+]21. The fraction of sp³-hybridized carbons (Fsp3) is 0.412. The Kier molecular flexibility index (Phi) is 5.95. The van der Waals surface area contributed by atoms with Crippen molar-refractivity contribution < 1.29 is 52.2 Å². The van der Waals surface area contributed by atoms with E-state index >= 15 is 0 Å². The lowest BCUT2D eigenvalue weighted by atomic mass is 10.1. The average molecular weight is 520 g/mol.